The van der Waals surface area contributed by atoms with Crippen LogP contribution in [0.2, 0.25) is 0 Å². The third kappa shape index (κ3) is 4.15. The van der Waals surface area contributed by atoms with Gasteiger partial charge in [-0.3, -0.25) is 4.90 Å². The van der Waals surface area contributed by atoms with E-state index in [9.17, 15) is 0 Å². The third-order valence-electron chi connectivity index (χ3n) is 4.90. The molecule has 112 valence electrons. The molecule has 19 heavy (non-hydrogen) atoms. The van der Waals surface area contributed by atoms with Crippen molar-refractivity contribution in [2.75, 3.05) is 46.4 Å². The van der Waals surface area contributed by atoms with Crippen molar-refractivity contribution in [1.29, 1.82) is 0 Å². The van der Waals surface area contributed by atoms with Crippen LogP contribution in [0.1, 0.15) is 32.6 Å². The minimum Gasteiger partial charge on any atom is -0.395 e. The van der Waals surface area contributed by atoms with Crippen LogP contribution < -0.4 is 5.32 Å². The molecule has 2 rings (SSSR count). The zero-order chi connectivity index (χ0) is 13.7. The van der Waals surface area contributed by atoms with Crippen molar-refractivity contribution < 1.29 is 5.11 Å². The van der Waals surface area contributed by atoms with E-state index in [1.165, 1.54) is 32.2 Å². The Kier molecular flexibility index (Phi) is 6.07. The second-order valence-corrected chi connectivity index (χ2v) is 6.39. The molecule has 4 nitrogen and oxygen atoms in total. The molecule has 0 saturated carbocycles. The summed E-state index contributed by atoms with van der Waals surface area (Å²) >= 11 is 0. The fourth-order valence-electron chi connectivity index (χ4n) is 3.77. The molecule has 2 saturated heterocycles. The van der Waals surface area contributed by atoms with Gasteiger partial charge in [0.15, 0.2) is 0 Å². The van der Waals surface area contributed by atoms with Gasteiger partial charge in [0.2, 0.25) is 0 Å². The number of aliphatic hydroxyl groups excluding tert-OH is 1. The first-order chi connectivity index (χ1) is 9.22. The van der Waals surface area contributed by atoms with E-state index in [4.69, 9.17) is 5.11 Å². The van der Waals surface area contributed by atoms with E-state index < -0.39 is 0 Å². The number of hydrogen-bond donors (Lipinski definition) is 2. The number of piperidine rings is 2. The quantitative estimate of drug-likeness (QED) is 0.773. The Morgan fingerprint density at radius 3 is 2.89 bits per heavy atom. The summed E-state index contributed by atoms with van der Waals surface area (Å²) in [6, 6.07) is 1.43. The molecule has 2 aliphatic rings. The van der Waals surface area contributed by atoms with Crippen molar-refractivity contribution in [3.05, 3.63) is 0 Å². The maximum Gasteiger partial charge on any atom is 0.0558 e. The lowest BCUT2D eigenvalue weighted by molar-refractivity contribution is 0.0405. The molecule has 0 aromatic heterocycles. The first kappa shape index (κ1) is 15.2. The van der Waals surface area contributed by atoms with Gasteiger partial charge in [0.1, 0.15) is 0 Å². The number of likely N-dealkylation sites (tertiary alicyclic amines) is 1. The Morgan fingerprint density at radius 1 is 1.32 bits per heavy atom. The Labute approximate surface area is 118 Å². The molecule has 0 spiro atoms. The predicted octanol–water partition coefficient (Wildman–Crippen LogP) is 0.763. The molecule has 0 amide bonds. The normalized spacial score (nSPS) is 33.8. The lowest BCUT2D eigenvalue weighted by atomic mass is 9.88. The van der Waals surface area contributed by atoms with Gasteiger partial charge in [0.25, 0.3) is 0 Å². The second-order valence-electron chi connectivity index (χ2n) is 6.39. The summed E-state index contributed by atoms with van der Waals surface area (Å²) in [7, 11) is 2.13. The lowest BCUT2D eigenvalue weighted by Gasteiger charge is -2.46. The Bertz CT molecular complexity index is 262. The summed E-state index contributed by atoms with van der Waals surface area (Å²) in [5, 5.41) is 12.6. The third-order valence-corrected chi connectivity index (χ3v) is 4.90. The lowest BCUT2D eigenvalue weighted by Crippen LogP contribution is -2.57. The van der Waals surface area contributed by atoms with Crippen molar-refractivity contribution in [2.24, 2.45) is 5.92 Å². The summed E-state index contributed by atoms with van der Waals surface area (Å²) in [6.07, 6.45) is 5.38. The molecule has 3 atom stereocenters. The van der Waals surface area contributed by atoms with Crippen LogP contribution in [0.4, 0.5) is 0 Å². The maximum atomic E-state index is 9.06. The molecule has 2 N–H and O–H groups in total. The van der Waals surface area contributed by atoms with Crippen molar-refractivity contribution in [3.63, 3.8) is 0 Å². The van der Waals surface area contributed by atoms with E-state index in [0.717, 1.165) is 38.1 Å². The SMILES string of the molecule is CC1CCCCN1C1CNCCC1CN(C)CCO. The molecule has 2 heterocycles. The van der Waals surface area contributed by atoms with Crippen LogP contribution in [0.15, 0.2) is 0 Å². The average Bonchev–Trinajstić information content (AvgIpc) is 2.40. The van der Waals surface area contributed by atoms with Gasteiger partial charge in [-0.1, -0.05) is 6.42 Å². The fraction of sp³-hybridized carbons (Fsp3) is 1.00. The molecule has 0 bridgehead atoms. The van der Waals surface area contributed by atoms with E-state index in [-0.39, 0.29) is 6.61 Å². The highest BCUT2D eigenvalue weighted by molar-refractivity contribution is 4.90. The Hall–Kier alpha value is -0.160. The zero-order valence-electron chi connectivity index (χ0n) is 12.6. The van der Waals surface area contributed by atoms with Crippen LogP contribution in [0.25, 0.3) is 0 Å². The summed E-state index contributed by atoms with van der Waals surface area (Å²) in [6.45, 7) is 8.14. The molecule has 2 aliphatic heterocycles. The van der Waals surface area contributed by atoms with E-state index in [0.29, 0.717) is 6.04 Å². The first-order valence-corrected chi connectivity index (χ1v) is 7.98. The van der Waals surface area contributed by atoms with Crippen LogP contribution in [0.3, 0.4) is 0 Å². The molecule has 0 aliphatic carbocycles. The molecule has 3 unspecified atom stereocenters. The van der Waals surface area contributed by atoms with Gasteiger partial charge >= 0.3 is 0 Å². The molecule has 4 heteroatoms. The molecule has 0 aromatic carbocycles. The Morgan fingerprint density at radius 2 is 2.16 bits per heavy atom. The van der Waals surface area contributed by atoms with Crippen molar-refractivity contribution >= 4 is 0 Å². The largest absolute Gasteiger partial charge is 0.395 e. The number of likely N-dealkylation sites (N-methyl/N-ethyl adjacent to an activating group) is 1. The van der Waals surface area contributed by atoms with Gasteiger partial charge in [-0.25, -0.2) is 0 Å². The van der Waals surface area contributed by atoms with Crippen LogP contribution in [-0.2, 0) is 0 Å². The topological polar surface area (TPSA) is 38.7 Å². The monoisotopic (exact) mass is 269 g/mol. The van der Waals surface area contributed by atoms with Gasteiger partial charge < -0.3 is 15.3 Å². The zero-order valence-corrected chi connectivity index (χ0v) is 12.6. The van der Waals surface area contributed by atoms with E-state index >= 15 is 0 Å². The number of rotatable bonds is 5. The van der Waals surface area contributed by atoms with Crippen LogP contribution in [0.5, 0.6) is 0 Å². The van der Waals surface area contributed by atoms with Gasteiger partial charge in [0.05, 0.1) is 6.61 Å². The van der Waals surface area contributed by atoms with E-state index in [1.807, 2.05) is 0 Å². The minimum atomic E-state index is 0.270. The first-order valence-electron chi connectivity index (χ1n) is 7.98. The smallest absolute Gasteiger partial charge is 0.0558 e. The van der Waals surface area contributed by atoms with Crippen LogP contribution >= 0.6 is 0 Å². The molecule has 0 radical (unpaired) electrons. The van der Waals surface area contributed by atoms with Crippen LogP contribution in [0, 0.1) is 5.92 Å². The number of nitrogens with zero attached hydrogens (tertiary/aromatic N) is 2. The van der Waals surface area contributed by atoms with Gasteiger partial charge in [-0.15, -0.1) is 0 Å². The van der Waals surface area contributed by atoms with Crippen molar-refractivity contribution in [3.8, 4) is 0 Å². The molecule has 0 aromatic rings. The van der Waals surface area contributed by atoms with Gasteiger partial charge in [-0.05, 0) is 52.2 Å². The fourth-order valence-corrected chi connectivity index (χ4v) is 3.77. The predicted molar refractivity (Wildman–Crippen MR) is 79.4 cm³/mol. The van der Waals surface area contributed by atoms with Crippen molar-refractivity contribution in [1.82, 2.24) is 15.1 Å². The average molecular weight is 269 g/mol. The van der Waals surface area contributed by atoms with Crippen LogP contribution in [-0.4, -0.2) is 73.4 Å². The Balaban J connectivity index is 1.94. The summed E-state index contributed by atoms with van der Waals surface area (Å²) < 4.78 is 0. The highest BCUT2D eigenvalue weighted by atomic mass is 16.3. The number of hydrogen-bond acceptors (Lipinski definition) is 4. The number of nitrogens with one attached hydrogen (secondary N) is 1. The number of aliphatic hydroxyl groups is 1. The second kappa shape index (κ2) is 7.58. The minimum absolute atomic E-state index is 0.270. The van der Waals surface area contributed by atoms with Gasteiger partial charge in [0, 0.05) is 31.7 Å². The van der Waals surface area contributed by atoms with E-state index in [2.05, 4.69) is 29.1 Å². The summed E-state index contributed by atoms with van der Waals surface area (Å²) in [5.74, 6) is 0.748. The maximum absolute atomic E-state index is 9.06. The molecular weight excluding hydrogens is 238 g/mol. The van der Waals surface area contributed by atoms with Crippen molar-refractivity contribution in [2.45, 2.75) is 44.7 Å². The summed E-state index contributed by atoms with van der Waals surface area (Å²) in [5.41, 5.74) is 0. The highest BCUT2D eigenvalue weighted by Crippen LogP contribution is 2.26. The highest BCUT2D eigenvalue weighted by Gasteiger charge is 2.33. The summed E-state index contributed by atoms with van der Waals surface area (Å²) in [4.78, 5) is 5.03. The molecule has 2 fully saturated rings. The molecular formula is C15H31N3O. The van der Waals surface area contributed by atoms with Gasteiger partial charge in [-0.2, -0.15) is 0 Å². The standard InChI is InChI=1S/C15H31N3O/c1-13-5-3-4-8-18(13)15-11-16-7-6-14(15)12-17(2)9-10-19/h13-16,19H,3-12H2,1-2H3. The van der Waals surface area contributed by atoms with E-state index in [1.54, 1.807) is 0 Å².